The lowest BCUT2D eigenvalue weighted by molar-refractivity contribution is -0.117. The van der Waals surface area contributed by atoms with E-state index in [9.17, 15) is 18.0 Å². The lowest BCUT2D eigenvalue weighted by Crippen LogP contribution is -2.41. The molecular weight excluding hydrogens is 448 g/mol. The van der Waals surface area contributed by atoms with E-state index >= 15 is 0 Å². The summed E-state index contributed by atoms with van der Waals surface area (Å²) in [6.45, 7) is 0.427. The number of sulfonamides is 1. The number of hydrogen-bond donors (Lipinski definition) is 2. The standard InChI is InChI=1S/C18H20N4O5S3/c1-22(2)30(25,26)13-5-6-15-14(10-13)20-18(27-15)29-11-16(23)21-17(24)19-8-7-12-4-3-9-28-12/h3-6,9-10H,7-8,11H2,1-2H3,(H2,19,21,23,24). The van der Waals surface area contributed by atoms with E-state index in [1.165, 1.54) is 32.3 Å². The van der Waals surface area contributed by atoms with Gasteiger partial charge in [0.2, 0.25) is 15.9 Å². The summed E-state index contributed by atoms with van der Waals surface area (Å²) in [5.41, 5.74) is 0.772. The number of amides is 3. The summed E-state index contributed by atoms with van der Waals surface area (Å²) in [4.78, 5) is 29.2. The Morgan fingerprint density at radius 3 is 2.77 bits per heavy atom. The van der Waals surface area contributed by atoms with Crippen LogP contribution in [0, 0.1) is 0 Å². The van der Waals surface area contributed by atoms with Gasteiger partial charge in [-0.3, -0.25) is 10.1 Å². The molecule has 0 bridgehead atoms. The van der Waals surface area contributed by atoms with Crippen LogP contribution in [0.15, 0.2) is 50.2 Å². The zero-order valence-corrected chi connectivity index (χ0v) is 18.7. The summed E-state index contributed by atoms with van der Waals surface area (Å²) in [6, 6.07) is 7.72. The highest BCUT2D eigenvalue weighted by molar-refractivity contribution is 7.99. The fourth-order valence-electron chi connectivity index (χ4n) is 2.41. The molecule has 3 amide bonds. The van der Waals surface area contributed by atoms with Gasteiger partial charge in [0.15, 0.2) is 5.58 Å². The zero-order chi connectivity index (χ0) is 21.7. The van der Waals surface area contributed by atoms with Gasteiger partial charge in [-0.15, -0.1) is 11.3 Å². The van der Waals surface area contributed by atoms with Crippen molar-refractivity contribution in [1.82, 2.24) is 19.9 Å². The molecule has 0 radical (unpaired) electrons. The maximum atomic E-state index is 12.2. The molecule has 3 rings (SSSR count). The monoisotopic (exact) mass is 468 g/mol. The van der Waals surface area contributed by atoms with Gasteiger partial charge in [0.25, 0.3) is 5.22 Å². The van der Waals surface area contributed by atoms with Crippen LogP contribution in [0.25, 0.3) is 11.1 Å². The largest absolute Gasteiger partial charge is 0.431 e. The molecule has 0 aliphatic heterocycles. The maximum absolute atomic E-state index is 12.2. The van der Waals surface area contributed by atoms with Crippen LogP contribution in [-0.4, -0.2) is 56.0 Å². The van der Waals surface area contributed by atoms with E-state index in [1.54, 1.807) is 11.3 Å². The maximum Gasteiger partial charge on any atom is 0.321 e. The number of urea groups is 1. The Morgan fingerprint density at radius 2 is 2.07 bits per heavy atom. The van der Waals surface area contributed by atoms with Crippen LogP contribution >= 0.6 is 23.1 Å². The molecule has 0 fully saturated rings. The predicted molar refractivity (Wildman–Crippen MR) is 115 cm³/mol. The van der Waals surface area contributed by atoms with Crippen molar-refractivity contribution in [2.75, 3.05) is 26.4 Å². The number of fused-ring (bicyclic) bond motifs is 1. The van der Waals surface area contributed by atoms with E-state index in [4.69, 9.17) is 4.42 Å². The Morgan fingerprint density at radius 1 is 1.27 bits per heavy atom. The van der Waals surface area contributed by atoms with Crippen molar-refractivity contribution < 1.29 is 22.4 Å². The fraction of sp³-hybridized carbons (Fsp3) is 0.278. The normalized spacial score (nSPS) is 11.7. The second-order valence-electron chi connectivity index (χ2n) is 6.32. The van der Waals surface area contributed by atoms with E-state index in [-0.39, 0.29) is 15.9 Å². The predicted octanol–water partition coefficient (Wildman–Crippen LogP) is 2.30. The molecular formula is C18H20N4O5S3. The number of hydrogen-bond acceptors (Lipinski definition) is 8. The van der Waals surface area contributed by atoms with Gasteiger partial charge in [-0.25, -0.2) is 22.5 Å². The van der Waals surface area contributed by atoms with Crippen LogP contribution in [0.3, 0.4) is 0 Å². The van der Waals surface area contributed by atoms with Crippen molar-refractivity contribution in [3.63, 3.8) is 0 Å². The quantitative estimate of drug-likeness (QED) is 0.487. The molecule has 0 aliphatic rings. The topological polar surface area (TPSA) is 122 Å². The Bertz CT molecular complexity index is 1140. The van der Waals surface area contributed by atoms with Crippen LogP contribution in [0.2, 0.25) is 0 Å². The first kappa shape index (κ1) is 22.3. The molecule has 2 heterocycles. The number of thioether (sulfide) groups is 1. The average molecular weight is 469 g/mol. The fourth-order valence-corrected chi connectivity index (χ4v) is 4.68. The molecule has 0 saturated carbocycles. The molecule has 0 saturated heterocycles. The molecule has 0 spiro atoms. The molecule has 3 aromatic rings. The van der Waals surface area contributed by atoms with Crippen LogP contribution in [0.1, 0.15) is 4.88 Å². The van der Waals surface area contributed by atoms with Gasteiger partial charge < -0.3 is 9.73 Å². The first-order chi connectivity index (χ1) is 14.3. The number of aromatic nitrogens is 1. The van der Waals surface area contributed by atoms with E-state index in [2.05, 4.69) is 15.6 Å². The number of benzene rings is 1. The summed E-state index contributed by atoms with van der Waals surface area (Å²) in [5, 5.41) is 7.04. The van der Waals surface area contributed by atoms with Gasteiger partial charge in [0, 0.05) is 25.5 Å². The third-order valence-electron chi connectivity index (χ3n) is 3.93. The van der Waals surface area contributed by atoms with E-state index in [0.717, 1.165) is 20.9 Å². The lowest BCUT2D eigenvalue weighted by Gasteiger charge is -2.10. The van der Waals surface area contributed by atoms with Crippen molar-refractivity contribution in [2.24, 2.45) is 0 Å². The SMILES string of the molecule is CN(C)S(=O)(=O)c1ccc2oc(SCC(=O)NC(=O)NCCc3cccs3)nc2c1. The summed E-state index contributed by atoms with van der Waals surface area (Å²) in [5.74, 6) is -0.569. The number of oxazole rings is 1. The minimum absolute atomic E-state index is 0.0754. The molecule has 0 atom stereocenters. The molecule has 2 aromatic heterocycles. The number of rotatable bonds is 8. The Balaban J connectivity index is 1.51. The summed E-state index contributed by atoms with van der Waals surface area (Å²) in [7, 11) is -0.694. The van der Waals surface area contributed by atoms with Crippen LogP contribution in [0.4, 0.5) is 4.79 Å². The molecule has 0 aliphatic carbocycles. The highest BCUT2D eigenvalue weighted by Crippen LogP contribution is 2.26. The third-order valence-corrected chi connectivity index (χ3v) is 7.51. The number of carbonyl (C=O) groups is 2. The van der Waals surface area contributed by atoms with Gasteiger partial charge in [-0.05, 0) is 36.1 Å². The van der Waals surface area contributed by atoms with Crippen molar-refractivity contribution in [2.45, 2.75) is 16.5 Å². The van der Waals surface area contributed by atoms with Gasteiger partial charge >= 0.3 is 6.03 Å². The van der Waals surface area contributed by atoms with Gasteiger partial charge in [0.1, 0.15) is 5.52 Å². The molecule has 1 aromatic carbocycles. The highest BCUT2D eigenvalue weighted by Gasteiger charge is 2.19. The highest BCUT2D eigenvalue weighted by atomic mass is 32.2. The van der Waals surface area contributed by atoms with Gasteiger partial charge in [-0.2, -0.15) is 0 Å². The van der Waals surface area contributed by atoms with Crippen LogP contribution in [0.5, 0.6) is 0 Å². The van der Waals surface area contributed by atoms with Crippen molar-refractivity contribution in [3.05, 3.63) is 40.6 Å². The summed E-state index contributed by atoms with van der Waals surface area (Å²) < 4.78 is 31.1. The van der Waals surface area contributed by atoms with Crippen LogP contribution in [-0.2, 0) is 21.2 Å². The number of thiophene rings is 1. The number of nitrogens with zero attached hydrogens (tertiary/aromatic N) is 2. The average Bonchev–Trinajstić information content (AvgIpc) is 3.34. The first-order valence-electron chi connectivity index (χ1n) is 8.81. The van der Waals surface area contributed by atoms with Crippen molar-refractivity contribution in [1.29, 1.82) is 0 Å². The molecule has 0 unspecified atom stereocenters. The van der Waals surface area contributed by atoms with Crippen LogP contribution < -0.4 is 10.6 Å². The molecule has 160 valence electrons. The van der Waals surface area contributed by atoms with E-state index < -0.39 is 22.0 Å². The zero-order valence-electron chi connectivity index (χ0n) is 16.2. The number of nitrogens with one attached hydrogen (secondary N) is 2. The van der Waals surface area contributed by atoms with Gasteiger partial charge in [0.05, 0.1) is 10.6 Å². The minimum Gasteiger partial charge on any atom is -0.431 e. The summed E-state index contributed by atoms with van der Waals surface area (Å²) in [6.07, 6.45) is 0.697. The lowest BCUT2D eigenvalue weighted by atomic mass is 10.3. The Kier molecular flexibility index (Phi) is 7.13. The molecule has 2 N–H and O–H groups in total. The molecule has 12 heteroatoms. The molecule has 30 heavy (non-hydrogen) atoms. The van der Waals surface area contributed by atoms with Crippen molar-refractivity contribution in [3.8, 4) is 0 Å². The molecule has 9 nitrogen and oxygen atoms in total. The smallest absolute Gasteiger partial charge is 0.321 e. The first-order valence-corrected chi connectivity index (χ1v) is 12.1. The third kappa shape index (κ3) is 5.59. The Hall–Kier alpha value is -2.41. The Labute approximate surface area is 181 Å². The second kappa shape index (κ2) is 9.60. The van der Waals surface area contributed by atoms with E-state index in [0.29, 0.717) is 24.1 Å². The van der Waals surface area contributed by atoms with E-state index in [1.807, 2.05) is 17.5 Å². The minimum atomic E-state index is -3.58. The number of carbonyl (C=O) groups excluding carboxylic acids is 2. The van der Waals surface area contributed by atoms with Crippen molar-refractivity contribution >= 4 is 56.2 Å². The van der Waals surface area contributed by atoms with Gasteiger partial charge in [-0.1, -0.05) is 17.8 Å². The second-order valence-corrected chi connectivity index (χ2v) is 10.4. The number of imide groups is 1. The summed E-state index contributed by atoms with van der Waals surface area (Å²) >= 11 is 2.61.